The molecule has 1 spiro atoms. The summed E-state index contributed by atoms with van der Waals surface area (Å²) >= 11 is 0. The van der Waals surface area contributed by atoms with Gasteiger partial charge in [0.25, 0.3) is 0 Å². The lowest BCUT2D eigenvalue weighted by atomic mass is 9.66. The van der Waals surface area contributed by atoms with Gasteiger partial charge in [-0.1, -0.05) is 31.4 Å². The summed E-state index contributed by atoms with van der Waals surface area (Å²) in [5.74, 6) is 0.519. The topological polar surface area (TPSA) is 82.1 Å². The van der Waals surface area contributed by atoms with Crippen LogP contribution in [0, 0.1) is 5.41 Å². The molecule has 1 saturated heterocycles. The first-order chi connectivity index (χ1) is 17.4. The van der Waals surface area contributed by atoms with E-state index >= 15 is 0 Å². The number of benzene rings is 2. The average molecular weight is 486 g/mol. The van der Waals surface area contributed by atoms with E-state index in [9.17, 15) is 14.7 Å². The zero-order chi connectivity index (χ0) is 25.4. The molecule has 2 aliphatic heterocycles. The largest absolute Gasteiger partial charge is 0.497 e. The first-order valence-electron chi connectivity index (χ1n) is 12.1. The highest BCUT2D eigenvalue weighted by atomic mass is 16.5. The Hall–Kier alpha value is -3.68. The number of nitrogens with one attached hydrogen (secondary N) is 1. The zero-order valence-corrected chi connectivity index (χ0v) is 20.5. The van der Waals surface area contributed by atoms with E-state index in [0.29, 0.717) is 25.3 Å². The van der Waals surface area contributed by atoms with Crippen LogP contribution in [0.2, 0.25) is 0 Å². The average Bonchev–Trinajstić information content (AvgIpc) is 3.26. The van der Waals surface area contributed by atoms with Crippen LogP contribution in [0.25, 0.3) is 5.57 Å². The van der Waals surface area contributed by atoms with Crippen molar-refractivity contribution in [2.75, 3.05) is 38.7 Å². The number of carbonyl (C=O) groups is 2. The van der Waals surface area contributed by atoms with Crippen LogP contribution in [-0.2, 0) is 22.6 Å². The minimum Gasteiger partial charge on any atom is -0.497 e. The smallest absolute Gasteiger partial charge is 0.247 e. The second-order valence-corrected chi connectivity index (χ2v) is 9.77. The Bertz CT molecular complexity index is 1260. The Balaban J connectivity index is 1.47. The third kappa shape index (κ3) is 4.04. The highest BCUT2D eigenvalue weighted by Crippen LogP contribution is 2.54. The van der Waals surface area contributed by atoms with Crippen molar-refractivity contribution in [2.24, 2.45) is 5.41 Å². The number of rotatable bonds is 7. The maximum atomic E-state index is 12.4. The molecule has 36 heavy (non-hydrogen) atoms. The van der Waals surface area contributed by atoms with Gasteiger partial charge in [0.15, 0.2) is 0 Å². The number of fused-ring (bicyclic) bond motifs is 3. The number of aliphatic hydroxyl groups excluding tert-OH is 1. The zero-order valence-electron chi connectivity index (χ0n) is 20.5. The number of aliphatic hydroxyl groups is 1. The number of hydrogen-bond donors (Lipinski definition) is 2. The second kappa shape index (κ2) is 9.41. The van der Waals surface area contributed by atoms with Crippen molar-refractivity contribution in [3.63, 3.8) is 0 Å². The van der Waals surface area contributed by atoms with E-state index in [2.05, 4.69) is 35.5 Å². The van der Waals surface area contributed by atoms with E-state index in [1.54, 1.807) is 7.11 Å². The molecule has 0 radical (unpaired) electrons. The lowest BCUT2D eigenvalue weighted by Crippen LogP contribution is -2.65. The van der Waals surface area contributed by atoms with Crippen molar-refractivity contribution >= 4 is 23.1 Å². The first-order valence-corrected chi connectivity index (χ1v) is 12.1. The molecule has 2 amide bonds. The quantitative estimate of drug-likeness (QED) is 0.590. The molecule has 2 aromatic rings. The molecule has 186 valence electrons. The lowest BCUT2D eigenvalue weighted by molar-refractivity contribution is -0.136. The van der Waals surface area contributed by atoms with Crippen LogP contribution < -0.4 is 10.1 Å². The van der Waals surface area contributed by atoms with Gasteiger partial charge in [0, 0.05) is 37.3 Å². The maximum Gasteiger partial charge on any atom is 0.247 e. The van der Waals surface area contributed by atoms with Crippen molar-refractivity contribution in [3.05, 3.63) is 90.0 Å². The molecule has 2 aromatic carbocycles. The summed E-state index contributed by atoms with van der Waals surface area (Å²) in [5, 5.41) is 13.3. The predicted molar refractivity (Wildman–Crippen MR) is 139 cm³/mol. The molecule has 2 heterocycles. The van der Waals surface area contributed by atoms with Crippen LogP contribution in [-0.4, -0.2) is 66.1 Å². The Labute approximate surface area is 211 Å². The van der Waals surface area contributed by atoms with Crippen molar-refractivity contribution in [2.45, 2.75) is 19.0 Å². The fourth-order valence-electron chi connectivity index (χ4n) is 6.00. The van der Waals surface area contributed by atoms with Gasteiger partial charge in [0.2, 0.25) is 11.8 Å². The van der Waals surface area contributed by atoms with Crippen LogP contribution in [0.5, 0.6) is 5.75 Å². The van der Waals surface area contributed by atoms with Gasteiger partial charge in [-0.25, -0.2) is 0 Å². The Morgan fingerprint density at radius 3 is 2.53 bits per heavy atom. The Morgan fingerprint density at radius 1 is 1.14 bits per heavy atom. The van der Waals surface area contributed by atoms with Gasteiger partial charge < -0.3 is 20.1 Å². The van der Waals surface area contributed by atoms with Gasteiger partial charge in [-0.15, -0.1) is 0 Å². The molecule has 1 aliphatic carbocycles. The molecular formula is C29H31N3O4. The highest BCUT2D eigenvalue weighted by molar-refractivity contribution is 5.98. The van der Waals surface area contributed by atoms with E-state index < -0.39 is 0 Å². The number of likely N-dealkylation sites (tertiary alicyclic amines) is 1. The minimum absolute atomic E-state index is 0.0167. The minimum atomic E-state index is -0.249. The van der Waals surface area contributed by atoms with Crippen LogP contribution in [0.15, 0.2) is 73.3 Å². The second-order valence-electron chi connectivity index (χ2n) is 9.77. The van der Waals surface area contributed by atoms with Crippen LogP contribution >= 0.6 is 0 Å². The summed E-state index contributed by atoms with van der Waals surface area (Å²) in [5.41, 5.74) is 6.52. The lowest BCUT2D eigenvalue weighted by Gasteiger charge is -2.57. The molecule has 7 nitrogen and oxygen atoms in total. The summed E-state index contributed by atoms with van der Waals surface area (Å²) in [6, 6.07) is 13.8. The number of methoxy groups -OCH3 is 1. The number of amides is 2. The molecule has 3 aliphatic rings. The van der Waals surface area contributed by atoms with E-state index in [1.807, 2.05) is 35.2 Å². The fraction of sp³-hybridized carbons (Fsp3) is 0.310. The van der Waals surface area contributed by atoms with E-state index in [4.69, 9.17) is 4.74 Å². The molecule has 1 fully saturated rings. The van der Waals surface area contributed by atoms with Crippen molar-refractivity contribution in [1.29, 1.82) is 0 Å². The molecule has 1 unspecified atom stereocenters. The molecule has 7 heteroatoms. The number of nitrogens with zero attached hydrogens (tertiary/aromatic N) is 2. The third-order valence-electron chi connectivity index (χ3n) is 7.60. The van der Waals surface area contributed by atoms with Crippen molar-refractivity contribution in [3.8, 4) is 5.75 Å². The van der Waals surface area contributed by atoms with E-state index in [0.717, 1.165) is 24.3 Å². The first kappa shape index (κ1) is 24.0. The third-order valence-corrected chi connectivity index (χ3v) is 7.60. The summed E-state index contributed by atoms with van der Waals surface area (Å²) < 4.78 is 5.47. The summed E-state index contributed by atoms with van der Waals surface area (Å²) in [6.45, 7) is 9.79. The number of anilines is 1. The van der Waals surface area contributed by atoms with Gasteiger partial charge in [0.1, 0.15) is 5.75 Å². The summed E-state index contributed by atoms with van der Waals surface area (Å²) in [4.78, 5) is 28.1. The van der Waals surface area contributed by atoms with Crippen LogP contribution in [0.1, 0.15) is 16.7 Å². The van der Waals surface area contributed by atoms with E-state index in [1.165, 1.54) is 34.4 Å². The Morgan fingerprint density at radius 2 is 1.89 bits per heavy atom. The molecule has 2 N–H and O–H groups in total. The predicted octanol–water partition coefficient (Wildman–Crippen LogP) is 3.02. The molecule has 1 atom stereocenters. The standard InChI is InChI=1S/C29H31N3O4/c1-4-26(34)30-21-8-6-19(7-9-21)14-31-16-29(17-32(18-29)27(35)5-2)28-23-11-10-22(36-3)12-20(23)13-24(28)25(31)15-33/h4-12,25,33H,1-2,13-18H2,3H3,(H,30,34). The fourth-order valence-corrected chi connectivity index (χ4v) is 6.00. The SMILES string of the molecule is C=CC(=O)Nc1ccc(CN2CC3(CN(C(=O)C=C)C3)C3=C(Cc4cc(OC)ccc43)C2CO)cc1. The number of ether oxygens (including phenoxy) is 1. The molecule has 5 rings (SSSR count). The summed E-state index contributed by atoms with van der Waals surface area (Å²) in [6.07, 6.45) is 3.37. The monoisotopic (exact) mass is 485 g/mol. The summed E-state index contributed by atoms with van der Waals surface area (Å²) in [7, 11) is 1.67. The van der Waals surface area contributed by atoms with Crippen LogP contribution in [0.3, 0.4) is 0 Å². The molecule has 0 aromatic heterocycles. The van der Waals surface area contributed by atoms with Gasteiger partial charge in [0.05, 0.1) is 19.8 Å². The van der Waals surface area contributed by atoms with Gasteiger partial charge in [-0.3, -0.25) is 14.5 Å². The normalized spacial score (nSPS) is 19.8. The van der Waals surface area contributed by atoms with Gasteiger partial charge >= 0.3 is 0 Å². The van der Waals surface area contributed by atoms with E-state index in [-0.39, 0.29) is 29.9 Å². The Kier molecular flexibility index (Phi) is 6.28. The highest BCUT2D eigenvalue weighted by Gasteiger charge is 2.55. The van der Waals surface area contributed by atoms with Gasteiger partial charge in [-0.05, 0) is 70.7 Å². The molecular weight excluding hydrogens is 454 g/mol. The maximum absolute atomic E-state index is 12.4. The van der Waals surface area contributed by atoms with Gasteiger partial charge in [-0.2, -0.15) is 0 Å². The number of carbonyl (C=O) groups excluding carboxylic acids is 2. The van der Waals surface area contributed by atoms with Crippen LogP contribution in [0.4, 0.5) is 5.69 Å². The van der Waals surface area contributed by atoms with Crippen molar-refractivity contribution in [1.82, 2.24) is 9.80 Å². The number of hydrogen-bond acceptors (Lipinski definition) is 5. The van der Waals surface area contributed by atoms with Crippen molar-refractivity contribution < 1.29 is 19.4 Å². The molecule has 0 saturated carbocycles. The molecule has 0 bridgehead atoms.